The summed E-state index contributed by atoms with van der Waals surface area (Å²) in [7, 11) is 1.97. The van der Waals surface area contributed by atoms with Crippen LogP contribution in [0.2, 0.25) is 0 Å². The number of benzene rings is 1. The van der Waals surface area contributed by atoms with Gasteiger partial charge in [0, 0.05) is 42.7 Å². The Balaban J connectivity index is 1.63. The van der Waals surface area contributed by atoms with E-state index in [-0.39, 0.29) is 16.9 Å². The minimum atomic E-state index is -0.387. The summed E-state index contributed by atoms with van der Waals surface area (Å²) in [5.41, 5.74) is 3.44. The van der Waals surface area contributed by atoms with Gasteiger partial charge in [-0.25, -0.2) is 0 Å². The van der Waals surface area contributed by atoms with E-state index < -0.39 is 0 Å². The summed E-state index contributed by atoms with van der Waals surface area (Å²) in [6.07, 6.45) is 3.87. The summed E-state index contributed by atoms with van der Waals surface area (Å²) in [6.45, 7) is 8.21. The van der Waals surface area contributed by atoms with Crippen LogP contribution in [-0.4, -0.2) is 21.4 Å². The number of aromatic nitrogens is 2. The molecule has 0 radical (unpaired) electrons. The van der Waals surface area contributed by atoms with E-state index >= 15 is 0 Å². The molecule has 2 N–H and O–H groups in total. The van der Waals surface area contributed by atoms with Crippen LogP contribution in [0.4, 0.5) is 0 Å². The largest absolute Gasteiger partial charge is 0.388 e. The summed E-state index contributed by atoms with van der Waals surface area (Å²) < 4.78 is 1.89. The third-order valence-corrected chi connectivity index (χ3v) is 5.00. The van der Waals surface area contributed by atoms with Crippen LogP contribution in [0.25, 0.3) is 0 Å². The van der Waals surface area contributed by atoms with Crippen LogP contribution in [0, 0.1) is 5.41 Å². The Hall–Kier alpha value is -1.65. The van der Waals surface area contributed by atoms with E-state index in [0.717, 1.165) is 37.2 Å². The van der Waals surface area contributed by atoms with Crippen molar-refractivity contribution in [3.63, 3.8) is 0 Å². The highest BCUT2D eigenvalue weighted by Crippen LogP contribution is 2.54. The molecule has 1 unspecified atom stereocenters. The zero-order chi connectivity index (χ0) is 17.4. The van der Waals surface area contributed by atoms with Crippen LogP contribution < -0.4 is 5.32 Å². The van der Waals surface area contributed by atoms with Crippen molar-refractivity contribution >= 4 is 0 Å². The van der Waals surface area contributed by atoms with E-state index in [1.807, 2.05) is 42.1 Å². The fraction of sp³-hybridized carbons (Fsp3) is 0.550. The molecule has 1 aliphatic rings. The van der Waals surface area contributed by atoms with Crippen molar-refractivity contribution in [3.05, 3.63) is 53.3 Å². The first-order valence-electron chi connectivity index (χ1n) is 8.79. The van der Waals surface area contributed by atoms with E-state index in [2.05, 4.69) is 37.4 Å². The molecule has 4 heteroatoms. The fourth-order valence-electron chi connectivity index (χ4n) is 3.44. The van der Waals surface area contributed by atoms with Gasteiger partial charge in [-0.2, -0.15) is 5.10 Å². The smallest absolute Gasteiger partial charge is 0.0858 e. The quantitative estimate of drug-likeness (QED) is 0.856. The lowest BCUT2D eigenvalue weighted by molar-refractivity contribution is 0.0917. The second-order valence-corrected chi connectivity index (χ2v) is 8.21. The maximum atomic E-state index is 10.7. The van der Waals surface area contributed by atoms with Crippen LogP contribution in [0.3, 0.4) is 0 Å². The van der Waals surface area contributed by atoms with Crippen LogP contribution in [-0.2, 0) is 19.0 Å². The first kappa shape index (κ1) is 17.2. The summed E-state index contributed by atoms with van der Waals surface area (Å²) >= 11 is 0. The maximum absolute atomic E-state index is 10.7. The molecule has 130 valence electrons. The van der Waals surface area contributed by atoms with Gasteiger partial charge in [0.2, 0.25) is 0 Å². The van der Waals surface area contributed by atoms with E-state index in [0.29, 0.717) is 0 Å². The lowest BCUT2D eigenvalue weighted by Crippen LogP contribution is -2.29. The van der Waals surface area contributed by atoms with Crippen molar-refractivity contribution in [1.29, 1.82) is 0 Å². The third-order valence-electron chi connectivity index (χ3n) is 5.00. The molecule has 1 fully saturated rings. The first-order chi connectivity index (χ1) is 11.3. The summed E-state index contributed by atoms with van der Waals surface area (Å²) in [6, 6.07) is 10.0. The molecule has 1 aliphatic carbocycles. The van der Waals surface area contributed by atoms with Crippen molar-refractivity contribution in [2.75, 3.05) is 6.54 Å². The number of hydrogen-bond acceptors (Lipinski definition) is 3. The normalized spacial score (nSPS) is 17.7. The van der Waals surface area contributed by atoms with Gasteiger partial charge in [-0.05, 0) is 18.4 Å². The zero-order valence-electron chi connectivity index (χ0n) is 15.2. The Morgan fingerprint density at radius 3 is 2.50 bits per heavy atom. The van der Waals surface area contributed by atoms with Gasteiger partial charge >= 0.3 is 0 Å². The summed E-state index contributed by atoms with van der Waals surface area (Å²) in [4.78, 5) is 0. The third kappa shape index (κ3) is 3.55. The molecule has 1 aromatic carbocycles. The van der Waals surface area contributed by atoms with Crippen LogP contribution >= 0.6 is 0 Å². The van der Waals surface area contributed by atoms with Gasteiger partial charge in [-0.15, -0.1) is 0 Å². The molecule has 1 atom stereocenters. The molecule has 4 nitrogen and oxygen atoms in total. The molecular weight excluding hydrogens is 298 g/mol. The summed E-state index contributed by atoms with van der Waals surface area (Å²) in [5, 5.41) is 18.9. The number of aliphatic hydroxyl groups is 1. The highest BCUT2D eigenvalue weighted by atomic mass is 16.3. The van der Waals surface area contributed by atoms with E-state index in [1.165, 1.54) is 5.56 Å². The van der Waals surface area contributed by atoms with Gasteiger partial charge in [-0.3, -0.25) is 4.68 Å². The molecule has 0 spiro atoms. The van der Waals surface area contributed by atoms with Crippen molar-refractivity contribution in [2.24, 2.45) is 12.5 Å². The SMILES string of the molecule is Cn1cc(CNCC2(C(O)c3ccccc3)CC2)c(C(C)(C)C)n1. The Morgan fingerprint density at radius 2 is 1.92 bits per heavy atom. The monoisotopic (exact) mass is 327 g/mol. The maximum Gasteiger partial charge on any atom is 0.0858 e. The standard InChI is InChI=1S/C20H29N3O/c1-19(2,3)17-16(13-23(4)22-17)12-21-14-20(10-11-20)18(24)15-8-6-5-7-9-15/h5-9,13,18,21,24H,10-12,14H2,1-4H3. The van der Waals surface area contributed by atoms with Gasteiger partial charge in [-0.1, -0.05) is 51.1 Å². The van der Waals surface area contributed by atoms with Crippen LogP contribution in [0.5, 0.6) is 0 Å². The lowest BCUT2D eigenvalue weighted by Gasteiger charge is -2.23. The fourth-order valence-corrected chi connectivity index (χ4v) is 3.44. The minimum Gasteiger partial charge on any atom is -0.388 e. The number of aryl methyl sites for hydroxylation is 1. The molecule has 24 heavy (non-hydrogen) atoms. The molecule has 1 aromatic heterocycles. The predicted octanol–water partition coefficient (Wildman–Crippen LogP) is 3.32. The van der Waals surface area contributed by atoms with E-state index in [1.54, 1.807) is 0 Å². The Labute approximate surface area is 144 Å². The molecule has 2 aromatic rings. The van der Waals surface area contributed by atoms with Crippen molar-refractivity contribution < 1.29 is 5.11 Å². The van der Waals surface area contributed by atoms with Crippen molar-refractivity contribution in [3.8, 4) is 0 Å². The molecule has 0 bridgehead atoms. The van der Waals surface area contributed by atoms with Gasteiger partial charge in [0.15, 0.2) is 0 Å². The van der Waals surface area contributed by atoms with Crippen molar-refractivity contribution in [1.82, 2.24) is 15.1 Å². The number of aliphatic hydroxyl groups excluding tert-OH is 1. The Morgan fingerprint density at radius 1 is 1.25 bits per heavy atom. The van der Waals surface area contributed by atoms with E-state index in [4.69, 9.17) is 0 Å². The molecule has 0 amide bonds. The Kier molecular flexibility index (Phi) is 4.54. The number of rotatable bonds is 6. The van der Waals surface area contributed by atoms with Gasteiger partial charge < -0.3 is 10.4 Å². The van der Waals surface area contributed by atoms with Crippen LogP contribution in [0.15, 0.2) is 36.5 Å². The molecule has 0 saturated heterocycles. The average molecular weight is 327 g/mol. The zero-order valence-corrected chi connectivity index (χ0v) is 15.2. The highest BCUT2D eigenvalue weighted by Gasteiger charge is 2.48. The number of nitrogens with one attached hydrogen (secondary N) is 1. The average Bonchev–Trinajstić information content (AvgIpc) is 3.22. The molecule has 3 rings (SSSR count). The molecule has 1 saturated carbocycles. The topological polar surface area (TPSA) is 50.1 Å². The predicted molar refractivity (Wildman–Crippen MR) is 96.7 cm³/mol. The second-order valence-electron chi connectivity index (χ2n) is 8.21. The van der Waals surface area contributed by atoms with Crippen LogP contribution in [0.1, 0.15) is 56.5 Å². The molecule has 1 heterocycles. The van der Waals surface area contributed by atoms with Gasteiger partial charge in [0.25, 0.3) is 0 Å². The minimum absolute atomic E-state index is 0.00847. The lowest BCUT2D eigenvalue weighted by atomic mass is 9.89. The molecule has 0 aliphatic heterocycles. The van der Waals surface area contributed by atoms with E-state index in [9.17, 15) is 5.11 Å². The van der Waals surface area contributed by atoms with Gasteiger partial charge in [0.05, 0.1) is 11.8 Å². The highest BCUT2D eigenvalue weighted by molar-refractivity contribution is 5.25. The Bertz CT molecular complexity index is 681. The second kappa shape index (κ2) is 6.34. The van der Waals surface area contributed by atoms with Gasteiger partial charge in [0.1, 0.15) is 0 Å². The van der Waals surface area contributed by atoms with Crippen molar-refractivity contribution in [2.45, 2.75) is 51.7 Å². The first-order valence-corrected chi connectivity index (χ1v) is 8.79. The molecular formula is C20H29N3O. The summed E-state index contributed by atoms with van der Waals surface area (Å²) in [5.74, 6) is 0. The number of hydrogen-bond donors (Lipinski definition) is 2. The number of nitrogens with zero attached hydrogens (tertiary/aromatic N) is 2.